The molecule has 104 valence electrons. The van der Waals surface area contributed by atoms with Gasteiger partial charge in [0.05, 0.1) is 12.6 Å². The molecule has 0 saturated carbocycles. The number of nitrogens with one attached hydrogen (secondary N) is 2. The van der Waals surface area contributed by atoms with Gasteiger partial charge in [0.15, 0.2) is 5.79 Å². The average Bonchev–Trinajstić information content (AvgIpc) is 2.57. The van der Waals surface area contributed by atoms with Crippen LogP contribution in [0.3, 0.4) is 0 Å². The van der Waals surface area contributed by atoms with Crippen molar-refractivity contribution in [1.29, 1.82) is 0 Å². The van der Waals surface area contributed by atoms with Crippen molar-refractivity contribution in [3.63, 3.8) is 0 Å². The predicted octanol–water partition coefficient (Wildman–Crippen LogP) is 0.786. The summed E-state index contributed by atoms with van der Waals surface area (Å²) in [7, 11) is 0. The van der Waals surface area contributed by atoms with E-state index in [-0.39, 0.29) is 18.1 Å². The molecule has 2 unspecified atom stereocenters. The molecular formula is C13H24N2O3. The van der Waals surface area contributed by atoms with E-state index < -0.39 is 5.79 Å². The maximum absolute atomic E-state index is 12.0. The molecule has 2 rings (SSSR count). The van der Waals surface area contributed by atoms with Gasteiger partial charge in [-0.25, -0.2) is 0 Å². The highest BCUT2D eigenvalue weighted by atomic mass is 16.7. The van der Waals surface area contributed by atoms with Crippen LogP contribution < -0.4 is 10.6 Å². The molecule has 2 saturated heterocycles. The molecule has 2 aliphatic rings. The Kier molecular flexibility index (Phi) is 4.59. The summed E-state index contributed by atoms with van der Waals surface area (Å²) in [5.41, 5.74) is 0. The summed E-state index contributed by atoms with van der Waals surface area (Å²) in [5.74, 6) is -0.430. The van der Waals surface area contributed by atoms with Crippen molar-refractivity contribution in [2.75, 3.05) is 19.7 Å². The Morgan fingerprint density at radius 1 is 1.39 bits per heavy atom. The minimum absolute atomic E-state index is 0.0327. The standard InChI is InChI=1S/C13H24N2O3/c1-13(2)17-9-10(18-13)8-15-12(16)11-6-4-3-5-7-14-11/h10-11,14H,3-9H2,1-2H3,(H,15,16). The molecule has 2 atom stereocenters. The van der Waals surface area contributed by atoms with E-state index in [1.807, 2.05) is 13.8 Å². The molecule has 0 aromatic carbocycles. The number of hydrogen-bond donors (Lipinski definition) is 2. The SMILES string of the molecule is CC1(C)OCC(CNC(=O)C2CCCCCN2)O1. The smallest absolute Gasteiger partial charge is 0.237 e. The van der Waals surface area contributed by atoms with Gasteiger partial charge in [-0.15, -0.1) is 0 Å². The Morgan fingerprint density at radius 2 is 2.22 bits per heavy atom. The molecule has 2 N–H and O–H groups in total. The summed E-state index contributed by atoms with van der Waals surface area (Å²) in [6.45, 7) is 5.79. The van der Waals surface area contributed by atoms with E-state index in [0.29, 0.717) is 13.2 Å². The fourth-order valence-electron chi connectivity index (χ4n) is 2.45. The largest absolute Gasteiger partial charge is 0.352 e. The first-order valence-corrected chi connectivity index (χ1v) is 6.90. The molecule has 18 heavy (non-hydrogen) atoms. The predicted molar refractivity (Wildman–Crippen MR) is 68.2 cm³/mol. The second kappa shape index (κ2) is 5.99. The van der Waals surface area contributed by atoms with Crippen molar-refractivity contribution in [1.82, 2.24) is 10.6 Å². The van der Waals surface area contributed by atoms with Crippen LogP contribution in [0.25, 0.3) is 0 Å². The number of ether oxygens (including phenoxy) is 2. The molecule has 0 aromatic rings. The molecule has 2 heterocycles. The van der Waals surface area contributed by atoms with Gasteiger partial charge in [-0.2, -0.15) is 0 Å². The van der Waals surface area contributed by atoms with Crippen molar-refractivity contribution in [3.05, 3.63) is 0 Å². The lowest BCUT2D eigenvalue weighted by molar-refractivity contribution is -0.139. The fraction of sp³-hybridized carbons (Fsp3) is 0.923. The quantitative estimate of drug-likeness (QED) is 0.783. The highest BCUT2D eigenvalue weighted by Crippen LogP contribution is 2.21. The van der Waals surface area contributed by atoms with Crippen molar-refractivity contribution in [2.24, 2.45) is 0 Å². The Balaban J connectivity index is 1.71. The summed E-state index contributed by atoms with van der Waals surface area (Å²) < 4.78 is 11.1. The summed E-state index contributed by atoms with van der Waals surface area (Å²) in [4.78, 5) is 12.0. The maximum Gasteiger partial charge on any atom is 0.237 e. The molecule has 2 fully saturated rings. The van der Waals surface area contributed by atoms with Gasteiger partial charge in [-0.1, -0.05) is 12.8 Å². The van der Waals surface area contributed by atoms with Gasteiger partial charge in [-0.3, -0.25) is 4.79 Å². The summed E-state index contributed by atoms with van der Waals surface area (Å²) in [5, 5.41) is 6.24. The summed E-state index contributed by atoms with van der Waals surface area (Å²) >= 11 is 0. The summed E-state index contributed by atoms with van der Waals surface area (Å²) in [6.07, 6.45) is 4.40. The zero-order valence-electron chi connectivity index (χ0n) is 11.3. The van der Waals surface area contributed by atoms with Crippen LogP contribution in [-0.2, 0) is 14.3 Å². The Bertz CT molecular complexity index is 286. The minimum atomic E-state index is -0.518. The van der Waals surface area contributed by atoms with Gasteiger partial charge in [-0.05, 0) is 33.2 Å². The van der Waals surface area contributed by atoms with Gasteiger partial charge in [0.2, 0.25) is 5.91 Å². The minimum Gasteiger partial charge on any atom is -0.352 e. The van der Waals surface area contributed by atoms with Crippen LogP contribution in [0.4, 0.5) is 0 Å². The van der Waals surface area contributed by atoms with E-state index in [1.54, 1.807) is 0 Å². The van der Waals surface area contributed by atoms with Crippen LogP contribution in [0.15, 0.2) is 0 Å². The third kappa shape index (κ3) is 3.93. The van der Waals surface area contributed by atoms with E-state index in [1.165, 1.54) is 6.42 Å². The van der Waals surface area contributed by atoms with Crippen LogP contribution in [0.2, 0.25) is 0 Å². The van der Waals surface area contributed by atoms with E-state index >= 15 is 0 Å². The lowest BCUT2D eigenvalue weighted by atomic mass is 10.1. The molecular weight excluding hydrogens is 232 g/mol. The van der Waals surface area contributed by atoms with E-state index in [0.717, 1.165) is 25.8 Å². The normalized spacial score (nSPS) is 31.9. The van der Waals surface area contributed by atoms with E-state index in [9.17, 15) is 4.79 Å². The van der Waals surface area contributed by atoms with Crippen LogP contribution in [0.5, 0.6) is 0 Å². The Labute approximate surface area is 109 Å². The molecule has 0 radical (unpaired) electrons. The van der Waals surface area contributed by atoms with E-state index in [2.05, 4.69) is 10.6 Å². The first kappa shape index (κ1) is 13.8. The molecule has 2 aliphatic heterocycles. The number of carbonyl (C=O) groups is 1. The number of carbonyl (C=O) groups excluding carboxylic acids is 1. The van der Waals surface area contributed by atoms with Crippen molar-refractivity contribution >= 4 is 5.91 Å². The second-order valence-corrected chi connectivity index (χ2v) is 5.55. The molecule has 0 aliphatic carbocycles. The van der Waals surface area contributed by atoms with Crippen LogP contribution >= 0.6 is 0 Å². The highest BCUT2D eigenvalue weighted by Gasteiger charge is 2.33. The second-order valence-electron chi connectivity index (χ2n) is 5.55. The highest BCUT2D eigenvalue weighted by molar-refractivity contribution is 5.81. The third-order valence-electron chi connectivity index (χ3n) is 3.45. The third-order valence-corrected chi connectivity index (χ3v) is 3.45. The zero-order valence-corrected chi connectivity index (χ0v) is 11.3. The fourth-order valence-corrected chi connectivity index (χ4v) is 2.45. The first-order chi connectivity index (χ1) is 8.57. The molecule has 5 nitrogen and oxygen atoms in total. The monoisotopic (exact) mass is 256 g/mol. The average molecular weight is 256 g/mol. The van der Waals surface area contributed by atoms with Crippen LogP contribution in [0.1, 0.15) is 39.5 Å². The number of rotatable bonds is 3. The van der Waals surface area contributed by atoms with Crippen LogP contribution in [-0.4, -0.2) is 43.5 Å². The Hall–Kier alpha value is -0.650. The lowest BCUT2D eigenvalue weighted by Gasteiger charge is -2.19. The van der Waals surface area contributed by atoms with Gasteiger partial charge in [0, 0.05) is 6.54 Å². The zero-order chi connectivity index (χ0) is 13.0. The molecule has 0 bridgehead atoms. The van der Waals surface area contributed by atoms with Crippen LogP contribution in [0, 0.1) is 0 Å². The topological polar surface area (TPSA) is 59.6 Å². The van der Waals surface area contributed by atoms with Crippen molar-refractivity contribution in [3.8, 4) is 0 Å². The first-order valence-electron chi connectivity index (χ1n) is 6.90. The Morgan fingerprint density at radius 3 is 2.94 bits per heavy atom. The molecule has 0 aromatic heterocycles. The van der Waals surface area contributed by atoms with Crippen molar-refractivity contribution < 1.29 is 14.3 Å². The molecule has 1 amide bonds. The van der Waals surface area contributed by atoms with Gasteiger partial charge in [0.1, 0.15) is 6.10 Å². The van der Waals surface area contributed by atoms with Gasteiger partial charge in [0.25, 0.3) is 0 Å². The summed E-state index contributed by atoms with van der Waals surface area (Å²) in [6, 6.07) is -0.0390. The lowest BCUT2D eigenvalue weighted by Crippen LogP contribution is -2.46. The maximum atomic E-state index is 12.0. The van der Waals surface area contributed by atoms with Gasteiger partial charge >= 0.3 is 0 Å². The van der Waals surface area contributed by atoms with Gasteiger partial charge < -0.3 is 20.1 Å². The number of hydrogen-bond acceptors (Lipinski definition) is 4. The van der Waals surface area contributed by atoms with Crippen molar-refractivity contribution in [2.45, 2.75) is 57.5 Å². The van der Waals surface area contributed by atoms with E-state index in [4.69, 9.17) is 9.47 Å². The number of amides is 1. The molecule has 0 spiro atoms. The molecule has 5 heteroatoms.